The van der Waals surface area contributed by atoms with Crippen molar-refractivity contribution in [3.63, 3.8) is 0 Å². The van der Waals surface area contributed by atoms with Gasteiger partial charge >= 0.3 is 0 Å². The van der Waals surface area contributed by atoms with Gasteiger partial charge in [0.2, 0.25) is 0 Å². The highest BCUT2D eigenvalue weighted by molar-refractivity contribution is 5.92. The van der Waals surface area contributed by atoms with Gasteiger partial charge in [-0.05, 0) is 24.3 Å². The van der Waals surface area contributed by atoms with Crippen molar-refractivity contribution in [3.8, 4) is 11.3 Å². The van der Waals surface area contributed by atoms with Gasteiger partial charge in [0, 0.05) is 24.1 Å². The minimum absolute atomic E-state index is 0.0741. The van der Waals surface area contributed by atoms with Crippen molar-refractivity contribution < 1.29 is 9.21 Å². The maximum atomic E-state index is 11.2. The van der Waals surface area contributed by atoms with Crippen LogP contribution >= 0.6 is 0 Å². The van der Waals surface area contributed by atoms with Gasteiger partial charge in [-0.3, -0.25) is 9.78 Å². The maximum absolute atomic E-state index is 11.2. The van der Waals surface area contributed by atoms with E-state index in [-0.39, 0.29) is 5.78 Å². The third-order valence-electron chi connectivity index (χ3n) is 2.83. The predicted octanol–water partition coefficient (Wildman–Crippen LogP) is 3.70. The number of ketones is 1. The second-order valence-corrected chi connectivity index (χ2v) is 4.14. The van der Waals surface area contributed by atoms with E-state index in [1.807, 2.05) is 30.3 Å². The summed E-state index contributed by atoms with van der Waals surface area (Å²) in [6, 6.07) is 13.4. The van der Waals surface area contributed by atoms with Crippen molar-refractivity contribution in [2.45, 2.75) is 6.92 Å². The Labute approximate surface area is 104 Å². The third kappa shape index (κ3) is 1.80. The van der Waals surface area contributed by atoms with E-state index < -0.39 is 0 Å². The van der Waals surface area contributed by atoms with Crippen LogP contribution in [0.2, 0.25) is 0 Å². The van der Waals surface area contributed by atoms with Crippen LogP contribution in [-0.4, -0.2) is 10.8 Å². The Morgan fingerprint density at radius 2 is 2.00 bits per heavy atom. The molecule has 3 heteroatoms. The number of nitrogens with zero attached hydrogens (tertiary/aromatic N) is 1. The SMILES string of the molecule is CC(=O)c1ccc(-c2cnc3ccccc3c2)o1. The van der Waals surface area contributed by atoms with E-state index in [0.29, 0.717) is 11.5 Å². The topological polar surface area (TPSA) is 43.1 Å². The summed E-state index contributed by atoms with van der Waals surface area (Å²) in [5.74, 6) is 0.964. The third-order valence-corrected chi connectivity index (χ3v) is 2.83. The molecule has 0 saturated heterocycles. The quantitative estimate of drug-likeness (QED) is 0.638. The molecule has 3 aromatic rings. The van der Waals surface area contributed by atoms with E-state index in [4.69, 9.17) is 4.42 Å². The minimum atomic E-state index is -0.0741. The van der Waals surface area contributed by atoms with Gasteiger partial charge in [0.05, 0.1) is 5.52 Å². The highest BCUT2D eigenvalue weighted by Gasteiger charge is 2.08. The monoisotopic (exact) mass is 237 g/mol. The maximum Gasteiger partial charge on any atom is 0.194 e. The first-order valence-corrected chi connectivity index (χ1v) is 5.70. The summed E-state index contributed by atoms with van der Waals surface area (Å²) < 4.78 is 5.49. The second-order valence-electron chi connectivity index (χ2n) is 4.14. The number of benzene rings is 1. The first-order chi connectivity index (χ1) is 8.74. The number of carbonyl (C=O) groups excluding carboxylic acids is 1. The molecule has 3 rings (SSSR count). The lowest BCUT2D eigenvalue weighted by molar-refractivity contribution is 0.0988. The summed E-state index contributed by atoms with van der Waals surface area (Å²) in [7, 11) is 0. The zero-order chi connectivity index (χ0) is 12.5. The fraction of sp³-hybridized carbons (Fsp3) is 0.0667. The molecule has 0 fully saturated rings. The molecule has 3 nitrogen and oxygen atoms in total. The van der Waals surface area contributed by atoms with Crippen LogP contribution in [0.25, 0.3) is 22.2 Å². The molecule has 0 unspecified atom stereocenters. The minimum Gasteiger partial charge on any atom is -0.453 e. The lowest BCUT2D eigenvalue weighted by atomic mass is 10.1. The van der Waals surface area contributed by atoms with Crippen molar-refractivity contribution in [1.82, 2.24) is 4.98 Å². The molecule has 0 spiro atoms. The Balaban J connectivity index is 2.10. The van der Waals surface area contributed by atoms with Crippen molar-refractivity contribution in [2.75, 3.05) is 0 Å². The van der Waals surface area contributed by atoms with Crippen LogP contribution in [0.15, 0.2) is 53.1 Å². The molecule has 0 N–H and O–H groups in total. The Kier molecular flexibility index (Phi) is 2.45. The first kappa shape index (κ1) is 10.7. The van der Waals surface area contributed by atoms with Crippen LogP contribution in [0.5, 0.6) is 0 Å². The number of pyridine rings is 1. The number of furan rings is 1. The van der Waals surface area contributed by atoms with Crippen molar-refractivity contribution in [2.24, 2.45) is 0 Å². The number of hydrogen-bond donors (Lipinski definition) is 0. The average Bonchev–Trinajstić information content (AvgIpc) is 2.88. The van der Waals surface area contributed by atoms with Crippen LogP contribution in [0, 0.1) is 0 Å². The standard InChI is InChI=1S/C15H11NO2/c1-10(17)14-6-7-15(18-14)12-8-11-4-2-3-5-13(11)16-9-12/h2-9H,1H3. The Morgan fingerprint density at radius 3 is 2.78 bits per heavy atom. The smallest absolute Gasteiger partial charge is 0.194 e. The van der Waals surface area contributed by atoms with Crippen LogP contribution in [-0.2, 0) is 0 Å². The molecule has 0 amide bonds. The summed E-state index contributed by atoms with van der Waals surface area (Å²) in [5, 5.41) is 1.05. The number of carbonyl (C=O) groups is 1. The van der Waals surface area contributed by atoms with Gasteiger partial charge in [-0.1, -0.05) is 18.2 Å². The van der Waals surface area contributed by atoms with Gasteiger partial charge < -0.3 is 4.42 Å². The average molecular weight is 237 g/mol. The zero-order valence-electron chi connectivity index (χ0n) is 9.88. The summed E-state index contributed by atoms with van der Waals surface area (Å²) in [6.07, 6.45) is 1.76. The Morgan fingerprint density at radius 1 is 1.17 bits per heavy atom. The molecule has 0 bridgehead atoms. The van der Waals surface area contributed by atoms with Crippen molar-refractivity contribution in [3.05, 3.63) is 54.4 Å². The molecule has 88 valence electrons. The number of fused-ring (bicyclic) bond motifs is 1. The van der Waals surface area contributed by atoms with Crippen LogP contribution < -0.4 is 0 Å². The first-order valence-electron chi connectivity index (χ1n) is 5.70. The molecule has 0 atom stereocenters. The molecule has 0 aliphatic heterocycles. The summed E-state index contributed by atoms with van der Waals surface area (Å²) in [6.45, 7) is 1.49. The number of Topliss-reactive ketones (excluding diaryl/α,β-unsaturated/α-hetero) is 1. The molecule has 2 heterocycles. The number of para-hydroxylation sites is 1. The fourth-order valence-electron chi connectivity index (χ4n) is 1.89. The fourth-order valence-corrected chi connectivity index (χ4v) is 1.89. The van der Waals surface area contributed by atoms with E-state index in [2.05, 4.69) is 4.98 Å². The van der Waals surface area contributed by atoms with Gasteiger partial charge in [-0.15, -0.1) is 0 Å². The number of aromatic nitrogens is 1. The summed E-state index contributed by atoms with van der Waals surface area (Å²) in [5.41, 5.74) is 1.82. The number of hydrogen-bond acceptors (Lipinski definition) is 3. The van der Waals surface area contributed by atoms with Gasteiger partial charge in [0.25, 0.3) is 0 Å². The Bertz CT molecular complexity index is 728. The highest BCUT2D eigenvalue weighted by Crippen LogP contribution is 2.24. The zero-order valence-corrected chi connectivity index (χ0v) is 9.88. The molecule has 1 aromatic carbocycles. The molecular weight excluding hydrogens is 226 g/mol. The highest BCUT2D eigenvalue weighted by atomic mass is 16.3. The van der Waals surface area contributed by atoms with Gasteiger partial charge in [-0.25, -0.2) is 0 Å². The molecule has 0 radical (unpaired) electrons. The molecule has 0 aliphatic rings. The van der Waals surface area contributed by atoms with E-state index in [9.17, 15) is 4.79 Å². The van der Waals surface area contributed by atoms with Crippen molar-refractivity contribution >= 4 is 16.7 Å². The van der Waals surface area contributed by atoms with Gasteiger partial charge in [-0.2, -0.15) is 0 Å². The van der Waals surface area contributed by atoms with Gasteiger partial charge in [0.1, 0.15) is 5.76 Å². The van der Waals surface area contributed by atoms with E-state index in [0.717, 1.165) is 16.5 Å². The molecular formula is C15H11NO2. The van der Waals surface area contributed by atoms with Crippen LogP contribution in [0.1, 0.15) is 17.5 Å². The van der Waals surface area contributed by atoms with E-state index in [1.165, 1.54) is 6.92 Å². The largest absolute Gasteiger partial charge is 0.453 e. The van der Waals surface area contributed by atoms with Gasteiger partial charge in [0.15, 0.2) is 11.5 Å². The molecule has 0 saturated carbocycles. The van der Waals surface area contributed by atoms with Crippen LogP contribution in [0.3, 0.4) is 0 Å². The van der Waals surface area contributed by atoms with Crippen molar-refractivity contribution in [1.29, 1.82) is 0 Å². The second kappa shape index (κ2) is 4.11. The molecule has 2 aromatic heterocycles. The number of rotatable bonds is 2. The normalized spacial score (nSPS) is 10.7. The summed E-state index contributed by atoms with van der Waals surface area (Å²) in [4.78, 5) is 15.6. The van der Waals surface area contributed by atoms with E-state index >= 15 is 0 Å². The summed E-state index contributed by atoms with van der Waals surface area (Å²) >= 11 is 0. The van der Waals surface area contributed by atoms with E-state index in [1.54, 1.807) is 18.3 Å². The molecule has 0 aliphatic carbocycles. The lowest BCUT2D eigenvalue weighted by Gasteiger charge is -2.00. The van der Waals surface area contributed by atoms with Crippen LogP contribution in [0.4, 0.5) is 0 Å². The lowest BCUT2D eigenvalue weighted by Crippen LogP contribution is -1.86. The predicted molar refractivity (Wildman–Crippen MR) is 69.4 cm³/mol. The molecule has 18 heavy (non-hydrogen) atoms. The Hall–Kier alpha value is -2.42.